The summed E-state index contributed by atoms with van der Waals surface area (Å²) >= 11 is 0. The Kier molecular flexibility index (Phi) is 3.10. The second-order valence-corrected chi connectivity index (χ2v) is 4.93. The Morgan fingerprint density at radius 2 is 2.10 bits per heavy atom. The molecule has 0 atom stereocenters. The molecule has 0 saturated carbocycles. The fourth-order valence-corrected chi connectivity index (χ4v) is 2.31. The Morgan fingerprint density at radius 1 is 1.30 bits per heavy atom. The largest absolute Gasteiger partial charge is 0.300 e. The topological polar surface area (TPSA) is 52.7 Å². The molecule has 2 heterocycles. The monoisotopic (exact) mass is 268 g/mol. The van der Waals surface area contributed by atoms with Gasteiger partial charge in [-0.2, -0.15) is 10.2 Å². The molecule has 0 aliphatic heterocycles. The molecule has 0 aliphatic rings. The molecule has 0 amide bonds. The van der Waals surface area contributed by atoms with Gasteiger partial charge in [0.25, 0.3) is 0 Å². The van der Waals surface area contributed by atoms with Crippen molar-refractivity contribution in [3.8, 4) is 11.3 Å². The number of Topliss-reactive ketones (excluding diaryl/α,β-unsaturated/α-hetero) is 1. The van der Waals surface area contributed by atoms with E-state index in [4.69, 9.17) is 0 Å². The number of ketones is 1. The molecule has 1 aromatic carbocycles. The summed E-state index contributed by atoms with van der Waals surface area (Å²) in [4.78, 5) is 11.0. The Morgan fingerprint density at radius 3 is 2.90 bits per heavy atom. The number of hydrogen-bond acceptors (Lipinski definition) is 3. The van der Waals surface area contributed by atoms with E-state index in [0.717, 1.165) is 22.2 Å². The van der Waals surface area contributed by atoms with Gasteiger partial charge in [0.15, 0.2) is 0 Å². The number of aromatic nitrogens is 4. The van der Waals surface area contributed by atoms with Crippen molar-refractivity contribution in [1.29, 1.82) is 0 Å². The second kappa shape index (κ2) is 4.92. The smallest absolute Gasteiger partial charge is 0.131 e. The predicted octanol–water partition coefficient (Wildman–Crippen LogP) is 2.42. The average Bonchev–Trinajstić information content (AvgIpc) is 3.02. The maximum atomic E-state index is 11.0. The predicted molar refractivity (Wildman–Crippen MR) is 77.2 cm³/mol. The number of carbonyl (C=O) groups is 1. The lowest BCUT2D eigenvalue weighted by molar-refractivity contribution is -0.117. The van der Waals surface area contributed by atoms with Gasteiger partial charge in [0.2, 0.25) is 0 Å². The van der Waals surface area contributed by atoms with Crippen molar-refractivity contribution >= 4 is 16.7 Å². The molecular formula is C15H16N4O. The van der Waals surface area contributed by atoms with Gasteiger partial charge in [0.1, 0.15) is 11.5 Å². The molecule has 0 saturated heterocycles. The van der Waals surface area contributed by atoms with Gasteiger partial charge in [-0.1, -0.05) is 18.2 Å². The van der Waals surface area contributed by atoms with E-state index < -0.39 is 0 Å². The summed E-state index contributed by atoms with van der Waals surface area (Å²) in [6, 6.07) is 8.12. The number of hydrogen-bond donors (Lipinski definition) is 0. The van der Waals surface area contributed by atoms with E-state index in [1.165, 1.54) is 0 Å². The van der Waals surface area contributed by atoms with Crippen LogP contribution in [-0.2, 0) is 18.4 Å². The molecule has 3 rings (SSSR count). The zero-order valence-electron chi connectivity index (χ0n) is 11.6. The number of nitrogens with zero attached hydrogens (tertiary/aromatic N) is 4. The van der Waals surface area contributed by atoms with E-state index >= 15 is 0 Å². The van der Waals surface area contributed by atoms with E-state index in [0.29, 0.717) is 13.0 Å². The van der Waals surface area contributed by atoms with Gasteiger partial charge < -0.3 is 0 Å². The van der Waals surface area contributed by atoms with Crippen LogP contribution in [0, 0.1) is 0 Å². The highest BCUT2D eigenvalue weighted by Gasteiger charge is 2.11. The number of aryl methyl sites for hydroxylation is 2. The minimum absolute atomic E-state index is 0.172. The quantitative estimate of drug-likeness (QED) is 0.730. The summed E-state index contributed by atoms with van der Waals surface area (Å²) in [6.07, 6.45) is 4.25. The molecular weight excluding hydrogens is 252 g/mol. The first kappa shape index (κ1) is 12.6. The van der Waals surface area contributed by atoms with Crippen LogP contribution in [0.1, 0.15) is 13.3 Å². The van der Waals surface area contributed by atoms with Crippen LogP contribution in [0.25, 0.3) is 22.2 Å². The molecule has 0 radical (unpaired) electrons. The van der Waals surface area contributed by atoms with Gasteiger partial charge in [-0.25, -0.2) is 0 Å². The summed E-state index contributed by atoms with van der Waals surface area (Å²) in [7, 11) is 1.94. The van der Waals surface area contributed by atoms with Crippen molar-refractivity contribution in [2.45, 2.75) is 19.9 Å². The van der Waals surface area contributed by atoms with Crippen LogP contribution in [0.5, 0.6) is 0 Å². The summed E-state index contributed by atoms with van der Waals surface area (Å²) < 4.78 is 3.66. The molecule has 0 N–H and O–H groups in total. The second-order valence-electron chi connectivity index (χ2n) is 4.93. The molecule has 0 aliphatic carbocycles. The van der Waals surface area contributed by atoms with E-state index in [2.05, 4.69) is 16.3 Å². The first-order valence-electron chi connectivity index (χ1n) is 6.59. The lowest BCUT2D eigenvalue weighted by Gasteiger charge is -1.97. The molecule has 0 fully saturated rings. The minimum atomic E-state index is 0.172. The zero-order chi connectivity index (χ0) is 14.1. The van der Waals surface area contributed by atoms with Crippen LogP contribution in [0.4, 0.5) is 0 Å². The SMILES string of the molecule is CC(=O)CCn1cc(-c2nn(C)c3ccccc23)cn1. The maximum Gasteiger partial charge on any atom is 0.131 e. The maximum absolute atomic E-state index is 11.0. The van der Waals surface area contributed by atoms with Crippen LogP contribution in [0.2, 0.25) is 0 Å². The third-order valence-electron chi connectivity index (χ3n) is 3.36. The van der Waals surface area contributed by atoms with Gasteiger partial charge >= 0.3 is 0 Å². The number of carbonyl (C=O) groups excluding carboxylic acids is 1. The number of fused-ring (bicyclic) bond motifs is 1. The van der Waals surface area contributed by atoms with Crippen LogP contribution in [0.3, 0.4) is 0 Å². The summed E-state index contributed by atoms with van der Waals surface area (Å²) in [6.45, 7) is 2.21. The number of benzene rings is 1. The molecule has 0 unspecified atom stereocenters. The van der Waals surface area contributed by atoms with Gasteiger partial charge in [-0.3, -0.25) is 14.2 Å². The average molecular weight is 268 g/mol. The molecule has 5 nitrogen and oxygen atoms in total. The van der Waals surface area contributed by atoms with E-state index in [1.807, 2.05) is 36.1 Å². The molecule has 3 aromatic rings. The highest BCUT2D eigenvalue weighted by atomic mass is 16.1. The zero-order valence-corrected chi connectivity index (χ0v) is 11.6. The Labute approximate surface area is 116 Å². The number of para-hydroxylation sites is 1. The van der Waals surface area contributed by atoms with Crippen LogP contribution in [-0.4, -0.2) is 25.3 Å². The normalized spacial score (nSPS) is 11.1. The molecule has 20 heavy (non-hydrogen) atoms. The van der Waals surface area contributed by atoms with Crippen molar-refractivity contribution in [2.24, 2.45) is 7.05 Å². The number of rotatable bonds is 4. The van der Waals surface area contributed by atoms with Gasteiger partial charge in [-0.15, -0.1) is 0 Å². The Bertz CT molecular complexity index is 769. The standard InChI is InChI=1S/C15H16N4O/c1-11(20)7-8-19-10-12(9-16-19)15-13-5-3-4-6-14(13)18(2)17-15/h3-6,9-10H,7-8H2,1-2H3. The molecule has 102 valence electrons. The first-order valence-corrected chi connectivity index (χ1v) is 6.59. The van der Waals surface area contributed by atoms with Crippen LogP contribution in [0.15, 0.2) is 36.7 Å². The molecule has 2 aromatic heterocycles. The van der Waals surface area contributed by atoms with Crippen molar-refractivity contribution in [3.05, 3.63) is 36.7 Å². The van der Waals surface area contributed by atoms with Gasteiger partial charge in [0.05, 0.1) is 11.7 Å². The molecule has 0 spiro atoms. The summed E-state index contributed by atoms with van der Waals surface area (Å²) in [5, 5.41) is 9.97. The lowest BCUT2D eigenvalue weighted by atomic mass is 10.1. The first-order chi connectivity index (χ1) is 9.65. The molecule has 0 bridgehead atoms. The highest BCUT2D eigenvalue weighted by Crippen LogP contribution is 2.26. The van der Waals surface area contributed by atoms with E-state index in [-0.39, 0.29) is 5.78 Å². The van der Waals surface area contributed by atoms with E-state index in [9.17, 15) is 4.79 Å². The fourth-order valence-electron chi connectivity index (χ4n) is 2.31. The highest BCUT2D eigenvalue weighted by molar-refractivity contribution is 5.92. The van der Waals surface area contributed by atoms with Crippen molar-refractivity contribution in [1.82, 2.24) is 19.6 Å². The van der Waals surface area contributed by atoms with Crippen LogP contribution >= 0.6 is 0 Å². The molecule has 5 heteroatoms. The minimum Gasteiger partial charge on any atom is -0.300 e. The fraction of sp³-hybridized carbons (Fsp3) is 0.267. The van der Waals surface area contributed by atoms with E-state index in [1.54, 1.807) is 17.8 Å². The van der Waals surface area contributed by atoms with Crippen LogP contribution < -0.4 is 0 Å². The Hall–Kier alpha value is -2.43. The van der Waals surface area contributed by atoms with Gasteiger partial charge in [0, 0.05) is 37.2 Å². The summed E-state index contributed by atoms with van der Waals surface area (Å²) in [5.41, 5.74) is 3.00. The lowest BCUT2D eigenvalue weighted by Crippen LogP contribution is -2.02. The van der Waals surface area contributed by atoms with Crippen molar-refractivity contribution in [3.63, 3.8) is 0 Å². The summed E-state index contributed by atoms with van der Waals surface area (Å²) in [5.74, 6) is 0.172. The van der Waals surface area contributed by atoms with Crippen molar-refractivity contribution in [2.75, 3.05) is 0 Å². The Balaban J connectivity index is 1.97. The van der Waals surface area contributed by atoms with Crippen molar-refractivity contribution < 1.29 is 4.79 Å². The van der Waals surface area contributed by atoms with Gasteiger partial charge in [-0.05, 0) is 13.0 Å². The third kappa shape index (κ3) is 2.22. The third-order valence-corrected chi connectivity index (χ3v) is 3.36.